The summed E-state index contributed by atoms with van der Waals surface area (Å²) in [4.78, 5) is 0. The number of para-hydroxylation sites is 1. The normalized spacial score (nSPS) is 18.5. The van der Waals surface area contributed by atoms with Crippen molar-refractivity contribution in [3.8, 4) is 11.5 Å². The van der Waals surface area contributed by atoms with E-state index < -0.39 is 0 Å². The zero-order valence-electron chi connectivity index (χ0n) is 7.27. The molecule has 0 bridgehead atoms. The number of phenolic OH excluding ortho intramolecular Hbond substituents is 2. The molecule has 1 aliphatic rings. The van der Waals surface area contributed by atoms with Gasteiger partial charge in [0.2, 0.25) is 0 Å². The first-order chi connectivity index (χ1) is 6.20. The van der Waals surface area contributed by atoms with Gasteiger partial charge in [0, 0.05) is 11.6 Å². The van der Waals surface area contributed by atoms with Crippen LogP contribution in [0.1, 0.15) is 24.4 Å². The van der Waals surface area contributed by atoms with E-state index in [2.05, 4.69) is 0 Å². The Morgan fingerprint density at radius 2 is 2.00 bits per heavy atom. The summed E-state index contributed by atoms with van der Waals surface area (Å²) in [7, 11) is 0. The quantitative estimate of drug-likeness (QED) is 0.603. The molecular weight excluding hydrogens is 166 g/mol. The molecule has 1 saturated carbocycles. The highest BCUT2D eigenvalue weighted by atomic mass is 16.3. The number of nitrogens with two attached hydrogens (primary N) is 1. The van der Waals surface area contributed by atoms with Gasteiger partial charge in [-0.25, -0.2) is 0 Å². The van der Waals surface area contributed by atoms with Crippen LogP contribution >= 0.6 is 0 Å². The van der Waals surface area contributed by atoms with Crippen LogP contribution in [0.3, 0.4) is 0 Å². The molecule has 3 heteroatoms. The van der Waals surface area contributed by atoms with Gasteiger partial charge in [-0.3, -0.25) is 0 Å². The van der Waals surface area contributed by atoms with E-state index in [-0.39, 0.29) is 17.5 Å². The molecule has 4 N–H and O–H groups in total. The molecule has 3 nitrogen and oxygen atoms in total. The predicted octanol–water partition coefficient (Wildman–Crippen LogP) is 1.51. The molecule has 0 radical (unpaired) electrons. The van der Waals surface area contributed by atoms with Crippen LogP contribution in [0.15, 0.2) is 18.2 Å². The van der Waals surface area contributed by atoms with Gasteiger partial charge in [0.1, 0.15) is 0 Å². The Labute approximate surface area is 76.8 Å². The lowest BCUT2D eigenvalue weighted by molar-refractivity contribution is 0.394. The van der Waals surface area contributed by atoms with Gasteiger partial charge in [-0.15, -0.1) is 0 Å². The molecule has 2 rings (SSSR count). The van der Waals surface area contributed by atoms with Crippen molar-refractivity contribution in [3.05, 3.63) is 23.8 Å². The summed E-state index contributed by atoms with van der Waals surface area (Å²) in [5, 5.41) is 18.8. The van der Waals surface area contributed by atoms with E-state index in [1.54, 1.807) is 12.1 Å². The van der Waals surface area contributed by atoms with Crippen LogP contribution in [0, 0.1) is 5.92 Å². The first-order valence-electron chi connectivity index (χ1n) is 4.46. The number of benzene rings is 1. The van der Waals surface area contributed by atoms with Gasteiger partial charge < -0.3 is 15.9 Å². The van der Waals surface area contributed by atoms with Crippen molar-refractivity contribution in [2.45, 2.75) is 18.9 Å². The smallest absolute Gasteiger partial charge is 0.162 e. The maximum Gasteiger partial charge on any atom is 0.162 e. The lowest BCUT2D eigenvalue weighted by atomic mass is 10.0. The number of phenols is 2. The zero-order valence-corrected chi connectivity index (χ0v) is 7.27. The number of hydrogen-bond acceptors (Lipinski definition) is 3. The molecular formula is C10H13NO2. The van der Waals surface area contributed by atoms with E-state index in [0.717, 1.165) is 12.8 Å². The minimum atomic E-state index is -0.132. The molecule has 1 aromatic carbocycles. The Balaban J connectivity index is 2.32. The minimum absolute atomic E-state index is 0.0677. The monoisotopic (exact) mass is 179 g/mol. The number of aromatic hydroxyl groups is 2. The molecule has 0 aliphatic heterocycles. The number of rotatable bonds is 2. The highest BCUT2D eigenvalue weighted by Crippen LogP contribution is 2.43. The van der Waals surface area contributed by atoms with Crippen molar-refractivity contribution in [3.63, 3.8) is 0 Å². The number of hydrogen-bond donors (Lipinski definition) is 3. The largest absolute Gasteiger partial charge is 0.504 e. The molecule has 1 atom stereocenters. The standard InChI is InChI=1S/C10H13NO2/c11-9(6-4-5-6)7-2-1-3-8(12)10(7)13/h1-3,6,9,12-13H,4-5,11H2/t9-/m1/s1. The van der Waals surface area contributed by atoms with E-state index >= 15 is 0 Å². The van der Waals surface area contributed by atoms with Gasteiger partial charge in [-0.1, -0.05) is 12.1 Å². The minimum Gasteiger partial charge on any atom is -0.504 e. The highest BCUT2D eigenvalue weighted by Gasteiger charge is 2.31. The summed E-state index contributed by atoms with van der Waals surface area (Å²) in [6.07, 6.45) is 2.24. The Morgan fingerprint density at radius 1 is 1.31 bits per heavy atom. The summed E-state index contributed by atoms with van der Waals surface area (Å²) in [5.41, 5.74) is 6.55. The summed E-state index contributed by atoms with van der Waals surface area (Å²) in [6, 6.07) is 4.79. The molecule has 0 heterocycles. The van der Waals surface area contributed by atoms with Crippen LogP contribution in [-0.2, 0) is 0 Å². The van der Waals surface area contributed by atoms with Gasteiger partial charge in [0.05, 0.1) is 0 Å². The second-order valence-electron chi connectivity index (χ2n) is 3.58. The second kappa shape index (κ2) is 2.92. The molecule has 13 heavy (non-hydrogen) atoms. The van der Waals surface area contributed by atoms with Crippen molar-refractivity contribution >= 4 is 0 Å². The van der Waals surface area contributed by atoms with Crippen molar-refractivity contribution < 1.29 is 10.2 Å². The lowest BCUT2D eigenvalue weighted by Crippen LogP contribution is -2.12. The molecule has 70 valence electrons. The average Bonchev–Trinajstić information content (AvgIpc) is 2.91. The SMILES string of the molecule is N[C@@H](c1cccc(O)c1O)C1CC1. The Morgan fingerprint density at radius 3 is 2.62 bits per heavy atom. The van der Waals surface area contributed by atoms with Gasteiger partial charge in [-0.2, -0.15) is 0 Å². The Hall–Kier alpha value is -1.22. The van der Waals surface area contributed by atoms with E-state index in [0.29, 0.717) is 11.5 Å². The molecule has 0 unspecified atom stereocenters. The maximum atomic E-state index is 9.51. The third kappa shape index (κ3) is 1.47. The van der Waals surface area contributed by atoms with E-state index in [4.69, 9.17) is 5.73 Å². The van der Waals surface area contributed by atoms with Crippen LogP contribution < -0.4 is 5.73 Å². The molecule has 1 aliphatic carbocycles. The summed E-state index contributed by atoms with van der Waals surface area (Å²) < 4.78 is 0. The van der Waals surface area contributed by atoms with Gasteiger partial charge in [0.15, 0.2) is 11.5 Å². The van der Waals surface area contributed by atoms with Crippen molar-refractivity contribution in [1.29, 1.82) is 0 Å². The third-order valence-electron chi connectivity index (χ3n) is 2.53. The lowest BCUT2D eigenvalue weighted by Gasteiger charge is -2.12. The first kappa shape index (κ1) is 8.38. The molecule has 1 aromatic rings. The van der Waals surface area contributed by atoms with E-state index in [9.17, 15) is 10.2 Å². The Bertz CT molecular complexity index is 321. The fourth-order valence-electron chi connectivity index (χ4n) is 1.53. The second-order valence-corrected chi connectivity index (χ2v) is 3.58. The third-order valence-corrected chi connectivity index (χ3v) is 2.53. The van der Waals surface area contributed by atoms with E-state index in [1.165, 1.54) is 6.07 Å². The van der Waals surface area contributed by atoms with Crippen LogP contribution in [-0.4, -0.2) is 10.2 Å². The summed E-state index contributed by atoms with van der Waals surface area (Å²) in [5.74, 6) is 0.322. The first-order valence-corrected chi connectivity index (χ1v) is 4.46. The summed E-state index contributed by atoms with van der Waals surface area (Å²) in [6.45, 7) is 0. The molecule has 0 saturated heterocycles. The topological polar surface area (TPSA) is 66.5 Å². The maximum absolute atomic E-state index is 9.51. The Kier molecular flexibility index (Phi) is 1.88. The molecule has 0 aromatic heterocycles. The zero-order chi connectivity index (χ0) is 9.42. The van der Waals surface area contributed by atoms with Crippen molar-refractivity contribution in [2.24, 2.45) is 11.7 Å². The van der Waals surface area contributed by atoms with E-state index in [1.807, 2.05) is 0 Å². The van der Waals surface area contributed by atoms with Crippen molar-refractivity contribution in [1.82, 2.24) is 0 Å². The fraction of sp³-hybridized carbons (Fsp3) is 0.400. The molecule has 0 spiro atoms. The fourth-order valence-corrected chi connectivity index (χ4v) is 1.53. The average molecular weight is 179 g/mol. The van der Waals surface area contributed by atoms with Gasteiger partial charge in [-0.05, 0) is 24.8 Å². The van der Waals surface area contributed by atoms with Crippen LogP contribution in [0.4, 0.5) is 0 Å². The molecule has 0 amide bonds. The molecule has 1 fully saturated rings. The highest BCUT2D eigenvalue weighted by molar-refractivity contribution is 5.46. The van der Waals surface area contributed by atoms with Crippen LogP contribution in [0.2, 0.25) is 0 Å². The predicted molar refractivity (Wildman–Crippen MR) is 49.4 cm³/mol. The van der Waals surface area contributed by atoms with Gasteiger partial charge in [0.25, 0.3) is 0 Å². The van der Waals surface area contributed by atoms with Crippen LogP contribution in [0.25, 0.3) is 0 Å². The van der Waals surface area contributed by atoms with Crippen LogP contribution in [0.5, 0.6) is 11.5 Å². The van der Waals surface area contributed by atoms with Gasteiger partial charge >= 0.3 is 0 Å². The summed E-state index contributed by atoms with van der Waals surface area (Å²) >= 11 is 0. The van der Waals surface area contributed by atoms with Crippen molar-refractivity contribution in [2.75, 3.05) is 0 Å².